The van der Waals surface area contributed by atoms with Crippen LogP contribution in [0.15, 0.2) is 47.4 Å². The second-order valence-corrected chi connectivity index (χ2v) is 8.27. The third kappa shape index (κ3) is 5.43. The molecular formula is C19H23ClFN3O3S. The molecule has 1 amide bonds. The van der Waals surface area contributed by atoms with Gasteiger partial charge in [-0.15, -0.1) is 12.4 Å². The number of nitrogens with one attached hydrogen (secondary N) is 3. The number of halogens is 2. The number of anilines is 1. The Kier molecular flexibility index (Phi) is 7.40. The Hall–Kier alpha value is -2.16. The zero-order valence-electron chi connectivity index (χ0n) is 15.4. The molecule has 0 radical (unpaired) electrons. The van der Waals surface area contributed by atoms with Crippen molar-refractivity contribution in [1.29, 1.82) is 0 Å². The van der Waals surface area contributed by atoms with Gasteiger partial charge in [-0.05, 0) is 68.3 Å². The average molecular weight is 428 g/mol. The van der Waals surface area contributed by atoms with Crippen LogP contribution in [0.25, 0.3) is 0 Å². The lowest BCUT2D eigenvalue weighted by atomic mass is 10.1. The molecule has 152 valence electrons. The van der Waals surface area contributed by atoms with E-state index in [9.17, 15) is 17.6 Å². The highest BCUT2D eigenvalue weighted by molar-refractivity contribution is 7.92. The van der Waals surface area contributed by atoms with E-state index in [1.165, 1.54) is 36.4 Å². The molecule has 6 nitrogen and oxygen atoms in total. The van der Waals surface area contributed by atoms with Crippen molar-refractivity contribution in [2.75, 3.05) is 17.8 Å². The fourth-order valence-corrected chi connectivity index (χ4v) is 4.07. The van der Waals surface area contributed by atoms with Crippen molar-refractivity contribution in [2.45, 2.75) is 30.7 Å². The Bertz CT molecular complexity index is 930. The molecule has 3 N–H and O–H groups in total. The molecule has 28 heavy (non-hydrogen) atoms. The second-order valence-electron chi connectivity index (χ2n) is 6.59. The smallest absolute Gasteiger partial charge is 0.261 e. The zero-order valence-corrected chi connectivity index (χ0v) is 17.0. The highest BCUT2D eigenvalue weighted by Gasteiger charge is 2.20. The molecule has 9 heteroatoms. The molecule has 0 aliphatic carbocycles. The van der Waals surface area contributed by atoms with Gasteiger partial charge >= 0.3 is 0 Å². The van der Waals surface area contributed by atoms with E-state index in [1.54, 1.807) is 13.0 Å². The third-order valence-corrected chi connectivity index (χ3v) is 5.91. The predicted octanol–water partition coefficient (Wildman–Crippen LogP) is 2.84. The van der Waals surface area contributed by atoms with E-state index in [0.717, 1.165) is 19.4 Å². The average Bonchev–Trinajstić information content (AvgIpc) is 3.15. The van der Waals surface area contributed by atoms with Gasteiger partial charge in [0.2, 0.25) is 0 Å². The number of carbonyl (C=O) groups is 1. The summed E-state index contributed by atoms with van der Waals surface area (Å²) in [7, 11) is -3.89. The maximum absolute atomic E-state index is 13.0. The van der Waals surface area contributed by atoms with Crippen LogP contribution in [0.1, 0.15) is 28.8 Å². The molecule has 1 heterocycles. The minimum atomic E-state index is -3.89. The topological polar surface area (TPSA) is 87.3 Å². The summed E-state index contributed by atoms with van der Waals surface area (Å²) in [5, 5.41) is 6.16. The SMILES string of the molecule is Cc1ccc(S(=O)(=O)Nc2ccc(F)cc2)cc1C(=O)NCC1CCCN1.Cl. The summed E-state index contributed by atoms with van der Waals surface area (Å²) in [6, 6.07) is 9.66. The van der Waals surface area contributed by atoms with Crippen molar-refractivity contribution < 1.29 is 17.6 Å². The van der Waals surface area contributed by atoms with Gasteiger partial charge in [-0.1, -0.05) is 6.07 Å². The summed E-state index contributed by atoms with van der Waals surface area (Å²) in [6.07, 6.45) is 2.09. The highest BCUT2D eigenvalue weighted by atomic mass is 35.5. The molecule has 0 aromatic heterocycles. The minimum absolute atomic E-state index is 0. The van der Waals surface area contributed by atoms with E-state index in [2.05, 4.69) is 15.4 Å². The molecule has 1 atom stereocenters. The Balaban J connectivity index is 0.00000280. The van der Waals surface area contributed by atoms with Crippen LogP contribution >= 0.6 is 12.4 Å². The molecule has 2 aromatic rings. The normalized spacial score (nSPS) is 16.3. The fourth-order valence-electron chi connectivity index (χ4n) is 2.99. The summed E-state index contributed by atoms with van der Waals surface area (Å²) in [4.78, 5) is 12.5. The standard InChI is InChI=1S/C19H22FN3O3S.ClH/c1-13-4-9-17(27(25,26)23-15-7-5-14(20)6-8-15)11-18(13)19(24)22-12-16-3-2-10-21-16;/h4-9,11,16,21,23H,2-3,10,12H2,1H3,(H,22,24);1H. The number of amides is 1. The molecule has 2 aromatic carbocycles. The van der Waals surface area contributed by atoms with Crippen LogP contribution in [0.5, 0.6) is 0 Å². The maximum atomic E-state index is 13.0. The van der Waals surface area contributed by atoms with Crippen molar-refractivity contribution in [3.8, 4) is 0 Å². The van der Waals surface area contributed by atoms with Gasteiger partial charge in [0.1, 0.15) is 5.82 Å². The number of benzene rings is 2. The highest BCUT2D eigenvalue weighted by Crippen LogP contribution is 2.20. The van der Waals surface area contributed by atoms with E-state index < -0.39 is 15.8 Å². The number of hydrogen-bond donors (Lipinski definition) is 3. The Morgan fingerprint density at radius 3 is 2.57 bits per heavy atom. The third-order valence-electron chi connectivity index (χ3n) is 4.53. The lowest BCUT2D eigenvalue weighted by Gasteiger charge is -2.14. The molecule has 1 unspecified atom stereocenters. The zero-order chi connectivity index (χ0) is 19.4. The first-order chi connectivity index (χ1) is 12.8. The van der Waals surface area contributed by atoms with Gasteiger partial charge in [-0.3, -0.25) is 9.52 Å². The molecular weight excluding hydrogens is 405 g/mol. The van der Waals surface area contributed by atoms with Crippen LogP contribution in [-0.4, -0.2) is 33.5 Å². The number of carbonyl (C=O) groups excluding carboxylic acids is 1. The molecule has 1 saturated heterocycles. The van der Waals surface area contributed by atoms with Crippen LogP contribution in [-0.2, 0) is 10.0 Å². The molecule has 0 spiro atoms. The van der Waals surface area contributed by atoms with Crippen molar-refractivity contribution in [3.63, 3.8) is 0 Å². The first-order valence-electron chi connectivity index (χ1n) is 8.76. The Labute approximate surface area is 170 Å². The van der Waals surface area contributed by atoms with Crippen molar-refractivity contribution in [2.24, 2.45) is 0 Å². The van der Waals surface area contributed by atoms with Crippen molar-refractivity contribution in [3.05, 3.63) is 59.4 Å². The van der Waals surface area contributed by atoms with Gasteiger partial charge in [0.05, 0.1) is 4.90 Å². The monoisotopic (exact) mass is 427 g/mol. The minimum Gasteiger partial charge on any atom is -0.350 e. The van der Waals surface area contributed by atoms with E-state index in [-0.39, 0.29) is 34.9 Å². The van der Waals surface area contributed by atoms with Gasteiger partial charge in [-0.25, -0.2) is 12.8 Å². The lowest BCUT2D eigenvalue weighted by Crippen LogP contribution is -2.37. The summed E-state index contributed by atoms with van der Waals surface area (Å²) in [5.74, 6) is -0.760. The van der Waals surface area contributed by atoms with Crippen LogP contribution in [0.4, 0.5) is 10.1 Å². The molecule has 3 rings (SSSR count). The summed E-state index contributed by atoms with van der Waals surface area (Å²) < 4.78 is 40.6. The van der Waals surface area contributed by atoms with Gasteiger partial charge in [0.25, 0.3) is 15.9 Å². The number of hydrogen-bond acceptors (Lipinski definition) is 4. The largest absolute Gasteiger partial charge is 0.350 e. The molecule has 1 fully saturated rings. The quantitative estimate of drug-likeness (QED) is 0.661. The van der Waals surface area contributed by atoms with Crippen molar-refractivity contribution >= 4 is 34.0 Å². The summed E-state index contributed by atoms with van der Waals surface area (Å²) >= 11 is 0. The van der Waals surface area contributed by atoms with Crippen molar-refractivity contribution in [1.82, 2.24) is 10.6 Å². The Morgan fingerprint density at radius 1 is 1.21 bits per heavy atom. The molecule has 0 saturated carbocycles. The molecule has 1 aliphatic heterocycles. The van der Waals surface area contributed by atoms with Gasteiger partial charge in [-0.2, -0.15) is 0 Å². The predicted molar refractivity (Wildman–Crippen MR) is 109 cm³/mol. The fraction of sp³-hybridized carbons (Fsp3) is 0.316. The maximum Gasteiger partial charge on any atom is 0.261 e. The van der Waals surface area contributed by atoms with Gasteiger partial charge in [0, 0.05) is 23.8 Å². The van der Waals surface area contributed by atoms with Gasteiger partial charge in [0.15, 0.2) is 0 Å². The van der Waals surface area contributed by atoms with E-state index in [1.807, 2.05) is 0 Å². The first-order valence-corrected chi connectivity index (χ1v) is 10.2. The Morgan fingerprint density at radius 2 is 1.93 bits per heavy atom. The lowest BCUT2D eigenvalue weighted by molar-refractivity contribution is 0.0949. The van der Waals surface area contributed by atoms with E-state index in [0.29, 0.717) is 17.7 Å². The molecule has 0 bridgehead atoms. The van der Waals surface area contributed by atoms with Crippen LogP contribution in [0.3, 0.4) is 0 Å². The number of rotatable bonds is 6. The van der Waals surface area contributed by atoms with Crippen LogP contribution in [0, 0.1) is 12.7 Å². The summed E-state index contributed by atoms with van der Waals surface area (Å²) in [6.45, 7) is 3.21. The van der Waals surface area contributed by atoms with E-state index >= 15 is 0 Å². The first kappa shape index (κ1) is 22.1. The van der Waals surface area contributed by atoms with Crippen LogP contribution in [0.2, 0.25) is 0 Å². The summed E-state index contributed by atoms with van der Waals surface area (Å²) in [5.41, 5.74) is 1.25. The molecule has 1 aliphatic rings. The van der Waals surface area contributed by atoms with Gasteiger partial charge < -0.3 is 10.6 Å². The second kappa shape index (κ2) is 9.36. The number of sulfonamides is 1. The number of aryl methyl sites for hydroxylation is 1. The van der Waals surface area contributed by atoms with E-state index in [4.69, 9.17) is 0 Å². The van der Waals surface area contributed by atoms with Crippen LogP contribution < -0.4 is 15.4 Å².